The van der Waals surface area contributed by atoms with Crippen molar-refractivity contribution < 1.29 is 45.0 Å². The number of alkyl halides is 3. The van der Waals surface area contributed by atoms with Gasteiger partial charge in [0.1, 0.15) is 11.6 Å². The zero-order valence-electron chi connectivity index (χ0n) is 22.9. The van der Waals surface area contributed by atoms with Gasteiger partial charge in [0.25, 0.3) is 15.7 Å². The van der Waals surface area contributed by atoms with Crippen LogP contribution in [0.4, 0.5) is 23.2 Å². The molecule has 3 aromatic rings. The lowest BCUT2D eigenvalue weighted by atomic mass is 9.83. The fourth-order valence-corrected chi connectivity index (χ4v) is 6.80. The molecule has 228 valence electrons. The van der Waals surface area contributed by atoms with Gasteiger partial charge in [-0.05, 0) is 61.4 Å². The Morgan fingerprint density at radius 2 is 1.74 bits per heavy atom. The summed E-state index contributed by atoms with van der Waals surface area (Å²) < 4.78 is 88.1. The summed E-state index contributed by atoms with van der Waals surface area (Å²) in [6, 6.07) is 8.86. The van der Waals surface area contributed by atoms with Crippen molar-refractivity contribution in [3.05, 3.63) is 66.1 Å². The minimum absolute atomic E-state index is 0.0212. The normalized spacial score (nSPS) is 21.3. The first kappa shape index (κ1) is 30.3. The van der Waals surface area contributed by atoms with Gasteiger partial charge < -0.3 is 20.1 Å². The van der Waals surface area contributed by atoms with Gasteiger partial charge in [-0.1, -0.05) is 6.07 Å². The van der Waals surface area contributed by atoms with E-state index in [1.165, 1.54) is 32.5 Å². The number of halogens is 4. The second-order valence-corrected chi connectivity index (χ2v) is 12.4. The third kappa shape index (κ3) is 5.75. The molecule has 5 rings (SSSR count). The van der Waals surface area contributed by atoms with Crippen molar-refractivity contribution >= 4 is 27.3 Å². The van der Waals surface area contributed by atoms with Crippen LogP contribution < -0.4 is 20.1 Å². The predicted molar refractivity (Wildman–Crippen MR) is 147 cm³/mol. The van der Waals surface area contributed by atoms with Gasteiger partial charge in [0.05, 0.1) is 30.6 Å². The number of amides is 2. The van der Waals surface area contributed by atoms with Crippen molar-refractivity contribution in [2.45, 2.75) is 35.7 Å². The summed E-state index contributed by atoms with van der Waals surface area (Å²) >= 11 is 0. The van der Waals surface area contributed by atoms with Gasteiger partial charge in [-0.2, -0.15) is 13.2 Å². The third-order valence-corrected chi connectivity index (χ3v) is 9.51. The predicted octanol–water partition coefficient (Wildman–Crippen LogP) is 4.98. The second kappa shape index (κ2) is 11.5. The molecule has 14 heteroatoms. The van der Waals surface area contributed by atoms with Gasteiger partial charge in [0.15, 0.2) is 0 Å². The van der Waals surface area contributed by atoms with Crippen molar-refractivity contribution in [3.8, 4) is 22.8 Å². The molecule has 0 spiro atoms. The van der Waals surface area contributed by atoms with Gasteiger partial charge in [-0.15, -0.1) is 0 Å². The molecule has 43 heavy (non-hydrogen) atoms. The molecule has 2 aliphatic carbocycles. The zero-order valence-corrected chi connectivity index (χ0v) is 23.8. The van der Waals surface area contributed by atoms with Crippen LogP contribution in [-0.2, 0) is 14.6 Å². The van der Waals surface area contributed by atoms with Crippen molar-refractivity contribution in [3.63, 3.8) is 0 Å². The van der Waals surface area contributed by atoms with Crippen LogP contribution in [0.1, 0.15) is 29.6 Å². The fraction of sp³-hybridized carbons (Fsp3) is 0.345. The smallest absolute Gasteiger partial charge is 0.496 e. The highest BCUT2D eigenvalue weighted by Gasteiger charge is 2.52. The van der Waals surface area contributed by atoms with E-state index in [0.717, 1.165) is 30.7 Å². The van der Waals surface area contributed by atoms with E-state index in [0.29, 0.717) is 24.3 Å². The van der Waals surface area contributed by atoms with Crippen molar-refractivity contribution in [2.75, 3.05) is 19.5 Å². The maximum Gasteiger partial charge on any atom is 0.501 e. The molecule has 0 aliphatic heterocycles. The molecule has 0 radical (unpaired) electrons. The summed E-state index contributed by atoms with van der Waals surface area (Å²) in [5, 5.41) is 5.44. The maximum absolute atomic E-state index is 15.0. The van der Waals surface area contributed by atoms with Crippen molar-refractivity contribution in [1.82, 2.24) is 10.3 Å². The largest absolute Gasteiger partial charge is 0.501 e. The number of carbonyl (C=O) groups is 2. The first-order chi connectivity index (χ1) is 20.3. The van der Waals surface area contributed by atoms with Gasteiger partial charge in [0.2, 0.25) is 11.8 Å². The van der Waals surface area contributed by atoms with Crippen LogP contribution in [0.25, 0.3) is 11.1 Å². The van der Waals surface area contributed by atoms with E-state index in [9.17, 15) is 35.6 Å². The lowest BCUT2D eigenvalue weighted by Gasteiger charge is -2.31. The molecule has 2 fully saturated rings. The Morgan fingerprint density at radius 1 is 1.00 bits per heavy atom. The first-order valence-corrected chi connectivity index (χ1v) is 14.7. The number of ether oxygens (including phenoxy) is 2. The number of rotatable bonds is 8. The number of fused-ring (bicyclic) bond motifs is 2. The SMILES string of the molecule is COc1ccc(-c2cc(C(=O)N[C@@H]3[C@H]4CC[C@H](C4)[C@@H]3C(=O)Nc3cccc(S(=O)(=O)C(F)(F)F)c3)c(OC)cc2F)cn1. The molecular formula is C29H27F4N3O6S. The van der Waals surface area contributed by atoms with E-state index in [1.807, 2.05) is 0 Å². The maximum atomic E-state index is 15.0. The van der Waals surface area contributed by atoms with Crippen LogP contribution in [0.3, 0.4) is 0 Å². The van der Waals surface area contributed by atoms with E-state index >= 15 is 0 Å². The molecule has 2 N–H and O–H groups in total. The van der Waals surface area contributed by atoms with E-state index < -0.39 is 49.8 Å². The Bertz CT molecular complexity index is 1660. The van der Waals surface area contributed by atoms with Crippen molar-refractivity contribution in [2.24, 2.45) is 17.8 Å². The molecule has 2 aromatic carbocycles. The Hall–Kier alpha value is -4.20. The van der Waals surface area contributed by atoms with Crippen LogP contribution in [-0.4, -0.2) is 51.0 Å². The molecule has 0 saturated heterocycles. The highest BCUT2D eigenvalue weighted by molar-refractivity contribution is 7.92. The Labute approximate surface area is 244 Å². The highest BCUT2D eigenvalue weighted by atomic mass is 32.2. The van der Waals surface area contributed by atoms with Crippen LogP contribution in [0.5, 0.6) is 11.6 Å². The molecule has 0 unspecified atom stereocenters. The lowest BCUT2D eigenvalue weighted by Crippen LogP contribution is -2.48. The number of benzene rings is 2. The summed E-state index contributed by atoms with van der Waals surface area (Å²) in [4.78, 5) is 30.1. The molecule has 2 amide bonds. The number of hydrogen-bond acceptors (Lipinski definition) is 7. The van der Waals surface area contributed by atoms with Gasteiger partial charge in [-0.3, -0.25) is 9.59 Å². The second-order valence-electron chi connectivity index (χ2n) is 10.4. The highest BCUT2D eigenvalue weighted by Crippen LogP contribution is 2.49. The average molecular weight is 622 g/mol. The summed E-state index contributed by atoms with van der Waals surface area (Å²) in [6.45, 7) is 0. The minimum Gasteiger partial charge on any atom is -0.496 e. The number of nitrogens with one attached hydrogen (secondary N) is 2. The summed E-state index contributed by atoms with van der Waals surface area (Å²) in [7, 11) is -2.88. The number of hydrogen-bond donors (Lipinski definition) is 2. The van der Waals surface area contributed by atoms with Gasteiger partial charge in [-0.25, -0.2) is 17.8 Å². The standard InChI is InChI=1S/C29H27F4N3O6S/c1-41-23-13-22(30)20(17-8-9-24(42-2)34-14-17)12-21(23)27(37)36-26-16-7-6-15(10-16)25(26)28(38)35-18-4-3-5-19(11-18)43(39,40)29(31,32)33/h3-5,8-9,11-16,25-26H,6-7,10H2,1-2H3,(H,35,38)(H,36,37)/t15-,16+,25+,26-/m1/s1. The van der Waals surface area contributed by atoms with E-state index in [4.69, 9.17) is 9.47 Å². The van der Waals surface area contributed by atoms with Gasteiger partial charge >= 0.3 is 5.51 Å². The fourth-order valence-electron chi connectivity index (χ4n) is 5.99. The molecule has 2 aliphatic rings. The summed E-state index contributed by atoms with van der Waals surface area (Å²) in [5.74, 6) is -2.39. The zero-order chi connectivity index (χ0) is 31.1. The van der Waals surface area contributed by atoms with E-state index in [-0.39, 0.29) is 34.4 Å². The minimum atomic E-state index is -5.61. The van der Waals surface area contributed by atoms with E-state index in [1.54, 1.807) is 12.1 Å². The number of carbonyl (C=O) groups excluding carboxylic acids is 2. The summed E-state index contributed by atoms with van der Waals surface area (Å²) in [6.07, 6.45) is 3.51. The number of nitrogens with zero attached hydrogens (tertiary/aromatic N) is 1. The molecule has 1 aromatic heterocycles. The van der Waals surface area contributed by atoms with Crippen molar-refractivity contribution in [1.29, 1.82) is 0 Å². The number of pyridine rings is 1. The van der Waals surface area contributed by atoms with Crippen LogP contribution in [0.15, 0.2) is 59.6 Å². The number of methoxy groups -OCH3 is 2. The number of anilines is 1. The van der Waals surface area contributed by atoms with Crippen LogP contribution in [0, 0.1) is 23.6 Å². The summed E-state index contributed by atoms with van der Waals surface area (Å²) in [5.41, 5.74) is -5.11. The third-order valence-electron chi connectivity index (χ3n) is 8.02. The Morgan fingerprint density at radius 3 is 2.40 bits per heavy atom. The quantitative estimate of drug-likeness (QED) is 0.340. The molecule has 2 saturated carbocycles. The first-order valence-electron chi connectivity index (χ1n) is 13.2. The molecule has 2 bridgehead atoms. The molecule has 1 heterocycles. The number of aromatic nitrogens is 1. The monoisotopic (exact) mass is 621 g/mol. The van der Waals surface area contributed by atoms with E-state index in [2.05, 4.69) is 15.6 Å². The lowest BCUT2D eigenvalue weighted by molar-refractivity contribution is -0.122. The topological polar surface area (TPSA) is 124 Å². The molecule has 9 nitrogen and oxygen atoms in total. The van der Waals surface area contributed by atoms with Crippen LogP contribution in [0.2, 0.25) is 0 Å². The van der Waals surface area contributed by atoms with Crippen LogP contribution >= 0.6 is 0 Å². The molecule has 4 atom stereocenters. The number of sulfone groups is 1. The average Bonchev–Trinajstić information content (AvgIpc) is 3.58. The molecular weight excluding hydrogens is 594 g/mol. The Balaban J connectivity index is 1.39. The van der Waals surface area contributed by atoms with Gasteiger partial charge in [0, 0.05) is 41.2 Å². The Kier molecular flexibility index (Phi) is 8.07.